The van der Waals surface area contributed by atoms with Crippen molar-refractivity contribution in [2.45, 2.75) is 0 Å². The highest BCUT2D eigenvalue weighted by Crippen LogP contribution is 2.26. The van der Waals surface area contributed by atoms with E-state index in [9.17, 15) is 14.4 Å². The van der Waals surface area contributed by atoms with E-state index in [0.29, 0.717) is 22.8 Å². The molecule has 0 spiro atoms. The van der Waals surface area contributed by atoms with Crippen LogP contribution in [-0.4, -0.2) is 17.9 Å². The zero-order chi connectivity index (χ0) is 22.9. The zero-order valence-electron chi connectivity index (χ0n) is 16.9. The van der Waals surface area contributed by atoms with Crippen molar-refractivity contribution >= 4 is 28.7 Å². The molecule has 0 amide bonds. The van der Waals surface area contributed by atoms with Crippen molar-refractivity contribution in [1.82, 2.24) is 0 Å². The number of esters is 3. The lowest BCUT2D eigenvalue weighted by Gasteiger charge is -2.08. The van der Waals surface area contributed by atoms with Gasteiger partial charge in [0, 0.05) is 12.2 Å². The summed E-state index contributed by atoms with van der Waals surface area (Å²) in [4.78, 5) is 34.7. The van der Waals surface area contributed by atoms with Crippen LogP contribution in [-0.2, 0) is 14.3 Å². The van der Waals surface area contributed by atoms with Crippen molar-refractivity contribution in [3.05, 3.63) is 104 Å². The predicted octanol–water partition coefficient (Wildman–Crippen LogP) is 4.73. The first kappa shape index (κ1) is 22.0. The molecule has 0 saturated carbocycles. The van der Waals surface area contributed by atoms with Gasteiger partial charge in [-0.05, 0) is 59.3 Å². The third-order valence-corrected chi connectivity index (χ3v) is 4.08. The Bertz CT molecular complexity index is 1210. The Balaban J connectivity index is 1.62. The lowest BCUT2D eigenvalue weighted by molar-refractivity contribution is -0.132. The van der Waals surface area contributed by atoms with Crippen LogP contribution in [0.5, 0.6) is 17.2 Å². The highest BCUT2D eigenvalue weighted by Gasteiger charge is 2.10. The van der Waals surface area contributed by atoms with Crippen LogP contribution in [0.1, 0.15) is 10.4 Å². The fraction of sp³-hybridized carbons (Fsp3) is 0. The average molecular weight is 430 g/mol. The topological polar surface area (TPSA) is 88.1 Å². The zero-order valence-corrected chi connectivity index (χ0v) is 16.9. The monoisotopic (exact) mass is 430 g/mol. The number of hydrogen-bond acceptors (Lipinski definition) is 7. The van der Waals surface area contributed by atoms with E-state index in [1.54, 1.807) is 60.7 Å². The van der Waals surface area contributed by atoms with Gasteiger partial charge in [0.2, 0.25) is 0 Å². The maximum Gasteiger partial charge on any atom is 0.343 e. The van der Waals surface area contributed by atoms with Gasteiger partial charge in [0.05, 0.1) is 5.56 Å². The number of hydrogen-bond donors (Lipinski definition) is 0. The van der Waals surface area contributed by atoms with Gasteiger partial charge in [0.1, 0.15) is 29.8 Å². The Hall–Kier alpha value is -4.65. The fourth-order valence-electron chi connectivity index (χ4n) is 2.57. The Labute approximate surface area is 183 Å². The number of carbonyl (C=O) groups is 3. The summed E-state index contributed by atoms with van der Waals surface area (Å²) in [6, 6.07) is 16.4. The van der Waals surface area contributed by atoms with Crippen LogP contribution in [0, 0.1) is 0 Å². The first-order chi connectivity index (χ1) is 15.5. The largest absolute Gasteiger partial charge is 0.462 e. The van der Waals surface area contributed by atoms with Crippen molar-refractivity contribution in [3.8, 4) is 17.2 Å². The first-order valence-corrected chi connectivity index (χ1v) is 9.33. The van der Waals surface area contributed by atoms with Gasteiger partial charge in [-0.15, -0.1) is 0 Å². The average Bonchev–Trinajstić information content (AvgIpc) is 2.82. The maximum absolute atomic E-state index is 12.4. The van der Waals surface area contributed by atoms with Crippen LogP contribution < -0.4 is 14.2 Å². The molecule has 3 aromatic carbocycles. The normalized spacial score (nSPS) is 10.4. The molecule has 3 rings (SSSR count). The van der Waals surface area contributed by atoms with Gasteiger partial charge in [-0.2, -0.15) is 0 Å². The van der Waals surface area contributed by atoms with E-state index in [-0.39, 0.29) is 0 Å². The SMILES string of the molecule is C=CC(=O)OC=COc1ccc(C(=O)Oc2ccc3cc(OC(=O)C=C)ccc3c2)cc1. The molecule has 0 radical (unpaired) electrons. The predicted molar refractivity (Wildman–Crippen MR) is 117 cm³/mol. The van der Waals surface area contributed by atoms with Gasteiger partial charge in [0.25, 0.3) is 0 Å². The van der Waals surface area contributed by atoms with Crippen molar-refractivity contribution in [2.75, 3.05) is 0 Å². The quantitative estimate of drug-likeness (QED) is 0.221. The fourth-order valence-corrected chi connectivity index (χ4v) is 2.57. The number of rotatable bonds is 8. The summed E-state index contributed by atoms with van der Waals surface area (Å²) in [5.74, 6) is -0.491. The highest BCUT2D eigenvalue weighted by atomic mass is 16.5. The lowest BCUT2D eigenvalue weighted by Crippen LogP contribution is -2.08. The Morgan fingerprint density at radius 3 is 1.81 bits per heavy atom. The van der Waals surface area contributed by atoms with Crippen LogP contribution in [0.3, 0.4) is 0 Å². The van der Waals surface area contributed by atoms with E-state index in [4.69, 9.17) is 14.2 Å². The molecule has 0 N–H and O–H groups in total. The van der Waals surface area contributed by atoms with Crippen LogP contribution in [0.2, 0.25) is 0 Å². The van der Waals surface area contributed by atoms with Gasteiger partial charge in [-0.1, -0.05) is 25.3 Å². The number of fused-ring (bicyclic) bond motifs is 1. The van der Waals surface area contributed by atoms with Gasteiger partial charge in [0.15, 0.2) is 0 Å². The molecule has 32 heavy (non-hydrogen) atoms. The van der Waals surface area contributed by atoms with E-state index >= 15 is 0 Å². The summed E-state index contributed by atoms with van der Waals surface area (Å²) < 4.78 is 20.4. The van der Waals surface area contributed by atoms with Crippen molar-refractivity contribution in [1.29, 1.82) is 0 Å². The molecular weight excluding hydrogens is 412 g/mol. The molecule has 0 atom stereocenters. The number of carbonyl (C=O) groups excluding carboxylic acids is 3. The molecule has 3 aromatic rings. The maximum atomic E-state index is 12.4. The van der Waals surface area contributed by atoms with Crippen LogP contribution >= 0.6 is 0 Å². The third kappa shape index (κ3) is 5.93. The summed E-state index contributed by atoms with van der Waals surface area (Å²) in [6.07, 6.45) is 4.38. The minimum absolute atomic E-state index is 0.325. The summed E-state index contributed by atoms with van der Waals surface area (Å²) in [6.45, 7) is 6.63. The molecule has 0 bridgehead atoms. The molecule has 0 aliphatic rings. The van der Waals surface area contributed by atoms with Gasteiger partial charge >= 0.3 is 17.9 Å². The molecule has 0 aliphatic heterocycles. The second-order valence-corrected chi connectivity index (χ2v) is 6.24. The van der Waals surface area contributed by atoms with E-state index in [2.05, 4.69) is 17.9 Å². The van der Waals surface area contributed by atoms with Crippen LogP contribution in [0.4, 0.5) is 0 Å². The van der Waals surface area contributed by atoms with Crippen LogP contribution in [0.15, 0.2) is 98.5 Å². The van der Waals surface area contributed by atoms with Gasteiger partial charge in [-0.25, -0.2) is 14.4 Å². The molecular formula is C25H18O7. The van der Waals surface area contributed by atoms with Gasteiger partial charge < -0.3 is 18.9 Å². The molecule has 0 heterocycles. The molecule has 0 fully saturated rings. The second-order valence-electron chi connectivity index (χ2n) is 6.24. The molecule has 0 aromatic heterocycles. The molecule has 0 saturated heterocycles. The number of benzene rings is 3. The third-order valence-electron chi connectivity index (χ3n) is 4.08. The first-order valence-electron chi connectivity index (χ1n) is 9.33. The van der Waals surface area contributed by atoms with E-state index in [1.165, 1.54) is 6.26 Å². The minimum Gasteiger partial charge on any atom is -0.462 e. The Morgan fingerprint density at radius 1 is 0.656 bits per heavy atom. The minimum atomic E-state index is -0.604. The molecule has 7 heteroatoms. The van der Waals surface area contributed by atoms with E-state index in [0.717, 1.165) is 29.2 Å². The highest BCUT2D eigenvalue weighted by molar-refractivity contribution is 5.92. The Morgan fingerprint density at radius 2 is 1.22 bits per heavy atom. The molecule has 160 valence electrons. The Kier molecular flexibility index (Phi) is 7.16. The molecule has 7 nitrogen and oxygen atoms in total. The summed E-state index contributed by atoms with van der Waals surface area (Å²) >= 11 is 0. The van der Waals surface area contributed by atoms with E-state index < -0.39 is 17.9 Å². The van der Waals surface area contributed by atoms with Crippen molar-refractivity contribution < 1.29 is 33.3 Å². The van der Waals surface area contributed by atoms with E-state index in [1.807, 2.05) is 0 Å². The second kappa shape index (κ2) is 10.4. The van der Waals surface area contributed by atoms with Crippen molar-refractivity contribution in [2.24, 2.45) is 0 Å². The standard InChI is InChI=1S/C25H18O7/c1-3-23(26)30-14-13-29-20-9-5-17(6-10-20)25(28)32-22-12-8-18-15-21(31-24(27)4-2)11-7-19(18)16-22/h3-16H,1-2H2. The molecule has 0 aliphatic carbocycles. The van der Waals surface area contributed by atoms with Crippen LogP contribution in [0.25, 0.3) is 10.8 Å². The summed E-state index contributed by atoms with van der Waals surface area (Å²) in [7, 11) is 0. The van der Waals surface area contributed by atoms with Crippen molar-refractivity contribution in [3.63, 3.8) is 0 Å². The lowest BCUT2D eigenvalue weighted by atomic mass is 10.1. The number of ether oxygens (including phenoxy) is 4. The van der Waals surface area contributed by atoms with Gasteiger partial charge in [-0.3, -0.25) is 0 Å². The summed E-state index contributed by atoms with van der Waals surface area (Å²) in [5, 5.41) is 1.62. The summed E-state index contributed by atoms with van der Waals surface area (Å²) in [5.41, 5.74) is 0.325. The smallest absolute Gasteiger partial charge is 0.343 e. The molecule has 0 unspecified atom stereocenters.